The second-order valence-electron chi connectivity index (χ2n) is 3.84. The predicted octanol–water partition coefficient (Wildman–Crippen LogP) is 1.25. The van der Waals surface area contributed by atoms with Gasteiger partial charge in [-0.05, 0) is 37.7 Å². The van der Waals surface area contributed by atoms with Gasteiger partial charge in [-0.2, -0.15) is 0 Å². The number of hydrogen-bond acceptors (Lipinski definition) is 3. The molecule has 1 aromatic rings. The molecule has 0 aliphatic carbocycles. The Hall–Kier alpha value is -1.49. The Bertz CT molecular complexity index is 420. The fourth-order valence-electron chi connectivity index (χ4n) is 1.76. The van der Waals surface area contributed by atoms with Gasteiger partial charge in [-0.3, -0.25) is 14.7 Å². The zero-order chi connectivity index (χ0) is 11.7. The Morgan fingerprint density at radius 3 is 2.88 bits per heavy atom. The second kappa shape index (κ2) is 4.17. The van der Waals surface area contributed by atoms with Crippen LogP contribution in [0.2, 0.25) is 0 Å². The normalized spacial score (nSPS) is 22.1. The summed E-state index contributed by atoms with van der Waals surface area (Å²) in [5.41, 5.74) is 0.981. The summed E-state index contributed by atoms with van der Waals surface area (Å²) in [4.78, 5) is 17.5. The highest BCUT2D eigenvalue weighted by Crippen LogP contribution is 2.23. The first kappa shape index (κ1) is 11.0. The van der Waals surface area contributed by atoms with Crippen LogP contribution >= 0.6 is 12.2 Å². The Kier molecular flexibility index (Phi) is 2.87. The summed E-state index contributed by atoms with van der Waals surface area (Å²) < 4.78 is 0. The Balaban J connectivity index is 2.26. The highest BCUT2D eigenvalue weighted by atomic mass is 32.1. The predicted molar refractivity (Wildman–Crippen MR) is 64.7 cm³/mol. The third-order valence-electron chi connectivity index (χ3n) is 2.72. The second-order valence-corrected chi connectivity index (χ2v) is 4.23. The van der Waals surface area contributed by atoms with Crippen molar-refractivity contribution in [2.45, 2.75) is 25.9 Å². The lowest BCUT2D eigenvalue weighted by Crippen LogP contribution is -2.33. The highest BCUT2D eigenvalue weighted by molar-refractivity contribution is 7.80. The van der Waals surface area contributed by atoms with Crippen LogP contribution in [0, 0.1) is 0 Å². The lowest BCUT2D eigenvalue weighted by Gasteiger charge is -2.23. The molecule has 0 aromatic carbocycles. The molecule has 0 radical (unpaired) electrons. The maximum absolute atomic E-state index is 11.9. The molecular weight excluding hydrogens is 222 g/mol. The number of carbonyl (C=O) groups excluding carboxylic acids is 1. The molecule has 16 heavy (non-hydrogen) atoms. The number of amides is 1. The third kappa shape index (κ3) is 1.78. The molecule has 4 nitrogen and oxygen atoms in total. The van der Waals surface area contributed by atoms with Crippen molar-refractivity contribution in [1.29, 1.82) is 0 Å². The van der Waals surface area contributed by atoms with E-state index in [0.717, 1.165) is 5.56 Å². The molecule has 2 heterocycles. The number of pyridine rings is 1. The van der Waals surface area contributed by atoms with E-state index in [-0.39, 0.29) is 18.0 Å². The van der Waals surface area contributed by atoms with E-state index >= 15 is 0 Å². The first-order valence-electron chi connectivity index (χ1n) is 5.14. The molecule has 2 unspecified atom stereocenters. The summed E-state index contributed by atoms with van der Waals surface area (Å²) in [6.07, 6.45) is 3.46. The summed E-state index contributed by atoms with van der Waals surface area (Å²) in [6.45, 7) is 3.76. The largest absolute Gasteiger partial charge is 0.351 e. The number of rotatable bonds is 2. The number of carbonyl (C=O) groups is 1. The summed E-state index contributed by atoms with van der Waals surface area (Å²) >= 11 is 5.14. The maximum atomic E-state index is 11.9. The minimum absolute atomic E-state index is 0.0151. The van der Waals surface area contributed by atoms with E-state index in [1.54, 1.807) is 17.3 Å². The van der Waals surface area contributed by atoms with Crippen molar-refractivity contribution in [2.75, 3.05) is 0 Å². The van der Waals surface area contributed by atoms with Crippen LogP contribution in [0.25, 0.3) is 0 Å². The first-order chi connectivity index (χ1) is 7.61. The average molecular weight is 235 g/mol. The van der Waals surface area contributed by atoms with Gasteiger partial charge in [0, 0.05) is 12.4 Å². The molecule has 2 rings (SSSR count). The molecule has 1 aliphatic rings. The number of nitrogens with one attached hydrogen (secondary N) is 1. The minimum Gasteiger partial charge on any atom is -0.351 e. The van der Waals surface area contributed by atoms with E-state index in [0.29, 0.717) is 5.11 Å². The van der Waals surface area contributed by atoms with Gasteiger partial charge in [-0.15, -0.1) is 0 Å². The molecule has 1 N–H and O–H groups in total. The molecule has 0 saturated carbocycles. The van der Waals surface area contributed by atoms with Gasteiger partial charge in [0.2, 0.25) is 0 Å². The molecule has 2 atom stereocenters. The molecule has 1 amide bonds. The van der Waals surface area contributed by atoms with Crippen LogP contribution in [0.1, 0.15) is 25.5 Å². The molecule has 1 saturated heterocycles. The molecule has 0 bridgehead atoms. The van der Waals surface area contributed by atoms with E-state index in [4.69, 9.17) is 12.2 Å². The van der Waals surface area contributed by atoms with Gasteiger partial charge in [-0.1, -0.05) is 6.07 Å². The summed E-state index contributed by atoms with van der Waals surface area (Å²) in [6, 6.07) is 3.49. The van der Waals surface area contributed by atoms with Gasteiger partial charge in [0.1, 0.15) is 6.04 Å². The summed E-state index contributed by atoms with van der Waals surface area (Å²) in [7, 11) is 0. The lowest BCUT2D eigenvalue weighted by atomic mass is 10.1. The number of hydrogen-bond donors (Lipinski definition) is 1. The molecule has 1 aromatic heterocycles. The van der Waals surface area contributed by atoms with Crippen molar-refractivity contribution in [1.82, 2.24) is 15.2 Å². The summed E-state index contributed by atoms with van der Waals surface area (Å²) in [5, 5.41) is 3.45. The van der Waals surface area contributed by atoms with E-state index < -0.39 is 0 Å². The van der Waals surface area contributed by atoms with E-state index in [1.165, 1.54) is 0 Å². The topological polar surface area (TPSA) is 45.2 Å². The fraction of sp³-hybridized carbons (Fsp3) is 0.364. The van der Waals surface area contributed by atoms with Gasteiger partial charge in [-0.25, -0.2) is 0 Å². The number of nitrogens with zero attached hydrogens (tertiary/aromatic N) is 2. The van der Waals surface area contributed by atoms with Crippen LogP contribution in [-0.2, 0) is 4.79 Å². The van der Waals surface area contributed by atoms with Gasteiger partial charge < -0.3 is 5.32 Å². The Labute approximate surface area is 99.7 Å². The smallest absolute Gasteiger partial charge is 0.251 e. The van der Waals surface area contributed by atoms with Gasteiger partial charge in [0.25, 0.3) is 5.91 Å². The van der Waals surface area contributed by atoms with Crippen molar-refractivity contribution in [3.05, 3.63) is 30.1 Å². The van der Waals surface area contributed by atoms with Crippen molar-refractivity contribution < 1.29 is 4.79 Å². The zero-order valence-corrected chi connectivity index (χ0v) is 9.99. The molecular formula is C11H13N3OS. The van der Waals surface area contributed by atoms with Crippen molar-refractivity contribution in [3.8, 4) is 0 Å². The van der Waals surface area contributed by atoms with E-state index in [2.05, 4.69) is 10.3 Å². The van der Waals surface area contributed by atoms with E-state index in [9.17, 15) is 4.79 Å². The number of aromatic nitrogens is 1. The molecule has 5 heteroatoms. The lowest BCUT2D eigenvalue weighted by molar-refractivity contribution is -0.128. The van der Waals surface area contributed by atoms with Gasteiger partial charge in [0.05, 0.1) is 6.04 Å². The third-order valence-corrected chi connectivity index (χ3v) is 3.04. The van der Waals surface area contributed by atoms with Crippen LogP contribution in [0.3, 0.4) is 0 Å². The van der Waals surface area contributed by atoms with Gasteiger partial charge >= 0.3 is 0 Å². The zero-order valence-electron chi connectivity index (χ0n) is 9.18. The Morgan fingerprint density at radius 2 is 2.38 bits per heavy atom. The standard InChI is InChI=1S/C11H13N3OS/c1-7-10(15)14(11(16)13-7)8(2)9-4-3-5-12-6-9/h3-8H,1-2H3,(H,13,16). The average Bonchev–Trinajstić information content (AvgIpc) is 2.54. The fourth-order valence-corrected chi connectivity index (χ4v) is 2.19. The monoisotopic (exact) mass is 235 g/mol. The molecule has 84 valence electrons. The van der Waals surface area contributed by atoms with Crippen molar-refractivity contribution in [3.63, 3.8) is 0 Å². The molecule has 1 aliphatic heterocycles. The number of thiocarbonyl (C=S) groups is 1. The summed E-state index contributed by atoms with van der Waals surface area (Å²) in [5.74, 6) is 0.0151. The van der Waals surface area contributed by atoms with Crippen molar-refractivity contribution >= 4 is 23.2 Å². The maximum Gasteiger partial charge on any atom is 0.251 e. The van der Waals surface area contributed by atoms with Crippen molar-refractivity contribution in [2.24, 2.45) is 0 Å². The Morgan fingerprint density at radius 1 is 1.62 bits per heavy atom. The SMILES string of the molecule is CC1NC(=S)N(C(C)c2cccnc2)C1=O. The van der Waals surface area contributed by atoms with E-state index in [1.807, 2.05) is 26.0 Å². The van der Waals surface area contributed by atoms with Crippen LogP contribution in [0.4, 0.5) is 0 Å². The van der Waals surface area contributed by atoms with Crippen LogP contribution in [0.15, 0.2) is 24.5 Å². The highest BCUT2D eigenvalue weighted by Gasteiger charge is 2.35. The van der Waals surface area contributed by atoms with Crippen LogP contribution in [0.5, 0.6) is 0 Å². The van der Waals surface area contributed by atoms with Gasteiger partial charge in [0.15, 0.2) is 5.11 Å². The molecule has 0 spiro atoms. The first-order valence-corrected chi connectivity index (χ1v) is 5.55. The molecule has 1 fully saturated rings. The minimum atomic E-state index is -0.230. The van der Waals surface area contributed by atoms with Crippen LogP contribution < -0.4 is 5.32 Å². The van der Waals surface area contributed by atoms with Crippen LogP contribution in [-0.4, -0.2) is 26.9 Å². The quantitative estimate of drug-likeness (QED) is 0.784.